The maximum atomic E-state index is 10.3. The Morgan fingerprint density at radius 2 is 1.76 bits per heavy atom. The van der Waals surface area contributed by atoms with Gasteiger partial charge in [0.1, 0.15) is 0 Å². The van der Waals surface area contributed by atoms with Crippen molar-refractivity contribution in [3.05, 3.63) is 23.5 Å². The molecule has 0 aromatic carbocycles. The predicted molar refractivity (Wildman–Crippen MR) is 83.8 cm³/mol. The molecule has 2 nitrogen and oxygen atoms in total. The smallest absolute Gasteiger partial charge is 0.0944 e. The third kappa shape index (κ3) is 1.75. The van der Waals surface area contributed by atoms with Gasteiger partial charge in [0.05, 0.1) is 11.9 Å². The monoisotopic (exact) mass is 288 g/mol. The quantitative estimate of drug-likeness (QED) is 0.650. The summed E-state index contributed by atoms with van der Waals surface area (Å²) in [5.74, 6) is 2.75. The van der Waals surface area contributed by atoms with Gasteiger partial charge in [-0.1, -0.05) is 25.5 Å². The normalized spacial score (nSPS) is 52.3. The molecule has 4 aliphatic carbocycles. The molecule has 0 saturated heterocycles. The molecule has 0 aliphatic heterocycles. The Labute approximate surface area is 127 Å². The summed E-state index contributed by atoms with van der Waals surface area (Å²) in [4.78, 5) is 0. The van der Waals surface area contributed by atoms with Crippen molar-refractivity contribution in [2.75, 3.05) is 0 Å². The second-order valence-corrected chi connectivity index (χ2v) is 8.44. The van der Waals surface area contributed by atoms with Gasteiger partial charge in [0.25, 0.3) is 0 Å². The van der Waals surface area contributed by atoms with E-state index in [-0.39, 0.29) is 11.5 Å². The summed E-state index contributed by atoms with van der Waals surface area (Å²) in [7, 11) is 0. The van der Waals surface area contributed by atoms with E-state index in [9.17, 15) is 10.2 Å². The Bertz CT molecular complexity index is 520. The Balaban J connectivity index is 1.68. The van der Waals surface area contributed by atoms with Crippen molar-refractivity contribution in [1.29, 1.82) is 0 Å². The molecule has 0 bridgehead atoms. The second kappa shape index (κ2) is 4.38. The lowest BCUT2D eigenvalue weighted by molar-refractivity contribution is -0.0391. The third-order valence-electron chi connectivity index (χ3n) is 7.62. The van der Waals surface area contributed by atoms with Crippen molar-refractivity contribution in [2.45, 2.75) is 64.9 Å². The highest BCUT2D eigenvalue weighted by atomic mass is 16.3. The zero-order chi connectivity index (χ0) is 14.8. The van der Waals surface area contributed by atoms with Crippen LogP contribution in [0.1, 0.15) is 58.8 Å². The van der Waals surface area contributed by atoms with Crippen molar-refractivity contribution in [3.8, 4) is 0 Å². The maximum Gasteiger partial charge on any atom is 0.0944 e. The molecule has 0 aromatic rings. The van der Waals surface area contributed by atoms with Gasteiger partial charge in [-0.15, -0.1) is 0 Å². The van der Waals surface area contributed by atoms with Gasteiger partial charge < -0.3 is 10.2 Å². The number of hydrogen-bond donors (Lipinski definition) is 2. The van der Waals surface area contributed by atoms with Crippen LogP contribution in [0.2, 0.25) is 0 Å². The Morgan fingerprint density at radius 3 is 2.57 bits per heavy atom. The lowest BCUT2D eigenvalue weighted by atomic mass is 9.48. The molecule has 2 N–H and O–H groups in total. The van der Waals surface area contributed by atoms with E-state index in [1.54, 1.807) is 0 Å². The van der Waals surface area contributed by atoms with Gasteiger partial charge in [-0.3, -0.25) is 0 Å². The molecular formula is C19H28O2. The van der Waals surface area contributed by atoms with Crippen LogP contribution >= 0.6 is 0 Å². The van der Waals surface area contributed by atoms with E-state index in [0.29, 0.717) is 23.0 Å². The number of allylic oxidation sites excluding steroid dienone is 3. The highest BCUT2D eigenvalue weighted by molar-refractivity contribution is 5.27. The van der Waals surface area contributed by atoms with Gasteiger partial charge in [0.15, 0.2) is 0 Å². The highest BCUT2D eigenvalue weighted by Crippen LogP contribution is 2.64. The topological polar surface area (TPSA) is 40.5 Å². The fraction of sp³-hybridized carbons (Fsp3) is 0.789. The van der Waals surface area contributed by atoms with Crippen LogP contribution in [0.3, 0.4) is 0 Å². The minimum absolute atomic E-state index is 0.0387. The van der Waals surface area contributed by atoms with E-state index in [4.69, 9.17) is 0 Å². The van der Waals surface area contributed by atoms with Crippen molar-refractivity contribution < 1.29 is 10.2 Å². The lowest BCUT2D eigenvalue weighted by Crippen LogP contribution is -2.49. The summed E-state index contributed by atoms with van der Waals surface area (Å²) in [6.45, 7) is 4.73. The first kappa shape index (κ1) is 13.9. The van der Waals surface area contributed by atoms with Gasteiger partial charge >= 0.3 is 0 Å². The molecule has 0 amide bonds. The van der Waals surface area contributed by atoms with Crippen molar-refractivity contribution >= 4 is 0 Å². The number of aliphatic hydroxyl groups excluding tert-OH is 2. The van der Waals surface area contributed by atoms with Crippen LogP contribution in [-0.2, 0) is 0 Å². The van der Waals surface area contributed by atoms with Gasteiger partial charge in [0, 0.05) is 5.41 Å². The molecule has 0 radical (unpaired) electrons. The molecule has 2 saturated carbocycles. The minimum Gasteiger partial charge on any atom is -0.512 e. The first-order valence-electron chi connectivity index (χ1n) is 8.72. The van der Waals surface area contributed by atoms with E-state index in [2.05, 4.69) is 26.0 Å². The largest absolute Gasteiger partial charge is 0.512 e. The molecule has 0 heterocycles. The SMILES string of the molecule is CC12CCC3C(CC=C4CC(O)CCC43C)C1CC=C2O. The van der Waals surface area contributed by atoms with Crippen LogP contribution in [0.15, 0.2) is 23.5 Å². The zero-order valence-corrected chi connectivity index (χ0v) is 13.3. The van der Waals surface area contributed by atoms with Crippen molar-refractivity contribution in [3.63, 3.8) is 0 Å². The van der Waals surface area contributed by atoms with Gasteiger partial charge in [-0.2, -0.15) is 0 Å². The molecular weight excluding hydrogens is 260 g/mol. The molecule has 2 heteroatoms. The van der Waals surface area contributed by atoms with E-state index < -0.39 is 0 Å². The van der Waals surface area contributed by atoms with Gasteiger partial charge in [-0.05, 0) is 74.2 Å². The van der Waals surface area contributed by atoms with Crippen molar-refractivity contribution in [2.24, 2.45) is 28.6 Å². The minimum atomic E-state index is -0.119. The number of fused-ring (bicyclic) bond motifs is 5. The van der Waals surface area contributed by atoms with Crippen LogP contribution in [-0.4, -0.2) is 16.3 Å². The second-order valence-electron chi connectivity index (χ2n) is 8.44. The first-order valence-corrected chi connectivity index (χ1v) is 8.72. The van der Waals surface area contributed by atoms with Crippen LogP contribution in [0, 0.1) is 28.6 Å². The molecule has 0 spiro atoms. The number of hydrogen-bond acceptors (Lipinski definition) is 2. The summed E-state index contributed by atoms with van der Waals surface area (Å²) in [5.41, 5.74) is 1.87. The molecule has 116 valence electrons. The summed E-state index contributed by atoms with van der Waals surface area (Å²) >= 11 is 0. The maximum absolute atomic E-state index is 10.3. The third-order valence-corrected chi connectivity index (χ3v) is 7.62. The summed E-state index contributed by atoms with van der Waals surface area (Å²) in [6, 6.07) is 0. The van der Waals surface area contributed by atoms with E-state index >= 15 is 0 Å². The summed E-state index contributed by atoms with van der Waals surface area (Å²) in [5, 5.41) is 20.3. The lowest BCUT2D eigenvalue weighted by Gasteiger charge is -2.57. The molecule has 0 aromatic heterocycles. The zero-order valence-electron chi connectivity index (χ0n) is 13.3. The average molecular weight is 288 g/mol. The van der Waals surface area contributed by atoms with E-state index in [1.165, 1.54) is 12.0 Å². The Morgan fingerprint density at radius 1 is 1.00 bits per heavy atom. The standard InChI is InChI=1S/C19H28O2/c1-18-9-7-13(20)11-12(18)3-4-14-15-5-6-17(21)19(15,2)10-8-16(14)18/h3,6,13-16,20-21H,4-5,7-11H2,1-2H3. The van der Waals surface area contributed by atoms with Crippen LogP contribution < -0.4 is 0 Å². The van der Waals surface area contributed by atoms with Gasteiger partial charge in [-0.25, -0.2) is 0 Å². The number of rotatable bonds is 0. The highest BCUT2D eigenvalue weighted by Gasteiger charge is 2.56. The van der Waals surface area contributed by atoms with E-state index in [0.717, 1.165) is 44.4 Å². The summed E-state index contributed by atoms with van der Waals surface area (Å²) in [6.07, 6.45) is 12.0. The fourth-order valence-electron chi connectivity index (χ4n) is 6.19. The molecule has 4 rings (SSSR count). The Kier molecular flexibility index (Phi) is 2.89. The van der Waals surface area contributed by atoms with Gasteiger partial charge in [0.2, 0.25) is 0 Å². The first-order chi connectivity index (χ1) is 9.95. The molecule has 4 aliphatic rings. The van der Waals surface area contributed by atoms with Crippen LogP contribution in [0.4, 0.5) is 0 Å². The van der Waals surface area contributed by atoms with Crippen molar-refractivity contribution in [1.82, 2.24) is 0 Å². The van der Waals surface area contributed by atoms with Crippen LogP contribution in [0.25, 0.3) is 0 Å². The molecule has 6 atom stereocenters. The molecule has 21 heavy (non-hydrogen) atoms. The summed E-state index contributed by atoms with van der Waals surface area (Å²) < 4.78 is 0. The Hall–Kier alpha value is -0.760. The number of aliphatic hydroxyl groups is 2. The average Bonchev–Trinajstić information content (AvgIpc) is 2.76. The van der Waals surface area contributed by atoms with Crippen LogP contribution in [0.5, 0.6) is 0 Å². The van der Waals surface area contributed by atoms with E-state index in [1.807, 2.05) is 0 Å². The predicted octanol–water partition coefficient (Wildman–Crippen LogP) is 4.36. The molecule has 2 fully saturated rings. The fourth-order valence-corrected chi connectivity index (χ4v) is 6.19. The molecule has 6 unspecified atom stereocenters.